The van der Waals surface area contributed by atoms with Crippen molar-refractivity contribution in [1.29, 1.82) is 0 Å². The summed E-state index contributed by atoms with van der Waals surface area (Å²) in [5, 5.41) is 0. The van der Waals surface area contributed by atoms with E-state index in [9.17, 15) is 14.4 Å². The highest BCUT2D eigenvalue weighted by atomic mass is 16.6. The molecular formula is C67H112O6. The summed E-state index contributed by atoms with van der Waals surface area (Å²) < 4.78 is 16.8. The van der Waals surface area contributed by atoms with Crippen LogP contribution in [0.4, 0.5) is 0 Å². The van der Waals surface area contributed by atoms with Crippen LogP contribution in [0.5, 0.6) is 0 Å². The van der Waals surface area contributed by atoms with Crippen molar-refractivity contribution < 1.29 is 28.6 Å². The SMILES string of the molecule is CC/C=C\C/C=C\C/C=C\C/C=C\C/C=C\C/C=C\C/C=C\CCCC(=O)OCC(COC(=O)CCCCCCC/C=C\CCCC)OC(=O)CCCCCCCCCCC/C=C\CCCCCCCCCC. The van der Waals surface area contributed by atoms with E-state index in [0.717, 1.165) is 103 Å². The molecular weight excluding hydrogens is 901 g/mol. The Bertz CT molecular complexity index is 1490. The van der Waals surface area contributed by atoms with E-state index in [-0.39, 0.29) is 37.5 Å². The molecule has 0 aliphatic rings. The first-order valence-electron chi connectivity index (χ1n) is 30.4. The Kier molecular flexibility index (Phi) is 57.4. The number of carbonyl (C=O) groups is 3. The van der Waals surface area contributed by atoms with E-state index in [1.165, 1.54) is 128 Å². The van der Waals surface area contributed by atoms with Crippen LogP contribution in [-0.2, 0) is 28.6 Å². The van der Waals surface area contributed by atoms with Gasteiger partial charge in [-0.05, 0) is 116 Å². The van der Waals surface area contributed by atoms with Crippen LogP contribution in [0.3, 0.4) is 0 Å². The maximum atomic E-state index is 12.9. The molecule has 0 fully saturated rings. The first-order valence-corrected chi connectivity index (χ1v) is 30.4. The molecule has 1 unspecified atom stereocenters. The standard InChI is InChI=1S/C67H112O6/c1-4-7-10-13-16-19-22-24-26-28-30-32-33-35-36-38-40-42-45-48-51-54-57-60-66(69)72-63-64(62-71-65(68)59-56-53-50-47-44-21-18-15-12-9-6-3)73-67(70)61-58-55-52-49-46-43-41-39-37-34-31-29-27-25-23-20-17-14-11-8-5-2/h7,10,15-16,18-19,24,26,29-32,35-36,40,42,48,51,64H,4-6,8-9,11-14,17,20-23,25,27-28,33-34,37-39,41,43-47,49-50,52-63H2,1-3H3/b10-7-,18-15-,19-16-,26-24-,31-29-,32-30-,36-35-,42-40-,51-48-. The first-order chi connectivity index (χ1) is 36.0. The summed E-state index contributed by atoms with van der Waals surface area (Å²) in [5.74, 6) is -0.972. The van der Waals surface area contributed by atoms with Crippen molar-refractivity contribution >= 4 is 17.9 Å². The highest BCUT2D eigenvalue weighted by Crippen LogP contribution is 2.15. The van der Waals surface area contributed by atoms with E-state index in [2.05, 4.69) is 130 Å². The Morgan fingerprint density at radius 1 is 0.288 bits per heavy atom. The minimum absolute atomic E-state index is 0.102. The maximum absolute atomic E-state index is 12.9. The average molecular weight is 1010 g/mol. The summed E-state index contributed by atoms with van der Waals surface area (Å²) in [6, 6.07) is 0. The molecule has 416 valence electrons. The third-order valence-electron chi connectivity index (χ3n) is 12.7. The van der Waals surface area contributed by atoms with E-state index in [4.69, 9.17) is 14.2 Å². The Balaban J connectivity index is 4.42. The Morgan fingerprint density at radius 2 is 0.562 bits per heavy atom. The molecule has 0 aliphatic heterocycles. The first kappa shape index (κ1) is 69.1. The monoisotopic (exact) mass is 1010 g/mol. The maximum Gasteiger partial charge on any atom is 0.306 e. The molecule has 0 aromatic rings. The molecule has 6 nitrogen and oxygen atoms in total. The van der Waals surface area contributed by atoms with Crippen molar-refractivity contribution in [2.24, 2.45) is 0 Å². The van der Waals surface area contributed by atoms with Gasteiger partial charge in [-0.1, -0.05) is 252 Å². The van der Waals surface area contributed by atoms with Gasteiger partial charge in [-0.25, -0.2) is 0 Å². The zero-order valence-electron chi connectivity index (χ0n) is 47.6. The van der Waals surface area contributed by atoms with Crippen LogP contribution in [0.2, 0.25) is 0 Å². The van der Waals surface area contributed by atoms with Gasteiger partial charge in [-0.15, -0.1) is 0 Å². The number of unbranched alkanes of at least 4 members (excludes halogenated alkanes) is 25. The molecule has 0 radical (unpaired) electrons. The number of allylic oxidation sites excluding steroid dienone is 18. The summed E-state index contributed by atoms with van der Waals surface area (Å²) in [6.07, 6.45) is 82.4. The molecule has 0 spiro atoms. The Hall–Kier alpha value is -3.93. The van der Waals surface area contributed by atoms with Gasteiger partial charge < -0.3 is 14.2 Å². The van der Waals surface area contributed by atoms with Gasteiger partial charge >= 0.3 is 17.9 Å². The van der Waals surface area contributed by atoms with Gasteiger partial charge in [0.25, 0.3) is 0 Å². The van der Waals surface area contributed by atoms with Gasteiger partial charge in [0.2, 0.25) is 0 Å². The van der Waals surface area contributed by atoms with Crippen molar-refractivity contribution in [3.05, 3.63) is 109 Å². The number of esters is 3. The lowest BCUT2D eigenvalue weighted by Crippen LogP contribution is -2.30. The fourth-order valence-electron chi connectivity index (χ4n) is 8.17. The molecule has 0 saturated carbocycles. The molecule has 1 atom stereocenters. The molecule has 0 heterocycles. The van der Waals surface area contributed by atoms with E-state index >= 15 is 0 Å². The van der Waals surface area contributed by atoms with Crippen molar-refractivity contribution in [1.82, 2.24) is 0 Å². The van der Waals surface area contributed by atoms with E-state index in [1.54, 1.807) is 0 Å². The van der Waals surface area contributed by atoms with Crippen molar-refractivity contribution in [3.8, 4) is 0 Å². The number of hydrogen-bond donors (Lipinski definition) is 0. The van der Waals surface area contributed by atoms with Crippen LogP contribution in [0, 0.1) is 0 Å². The lowest BCUT2D eigenvalue weighted by molar-refractivity contribution is -0.167. The van der Waals surface area contributed by atoms with Crippen LogP contribution >= 0.6 is 0 Å². The summed E-state index contributed by atoms with van der Waals surface area (Å²) in [6.45, 7) is 6.44. The normalized spacial score (nSPS) is 12.9. The summed E-state index contributed by atoms with van der Waals surface area (Å²) in [5.41, 5.74) is 0. The van der Waals surface area contributed by atoms with E-state index < -0.39 is 6.10 Å². The molecule has 0 amide bonds. The minimum atomic E-state index is -0.808. The zero-order chi connectivity index (χ0) is 52.9. The van der Waals surface area contributed by atoms with Gasteiger partial charge in [0.05, 0.1) is 0 Å². The predicted octanol–water partition coefficient (Wildman–Crippen LogP) is 20.7. The van der Waals surface area contributed by atoms with Gasteiger partial charge in [-0.2, -0.15) is 0 Å². The van der Waals surface area contributed by atoms with E-state index in [1.807, 2.05) is 0 Å². The third-order valence-corrected chi connectivity index (χ3v) is 12.7. The second-order valence-electron chi connectivity index (χ2n) is 19.9. The zero-order valence-corrected chi connectivity index (χ0v) is 47.6. The average Bonchev–Trinajstić information content (AvgIpc) is 3.39. The van der Waals surface area contributed by atoms with Crippen LogP contribution in [0.25, 0.3) is 0 Å². The Morgan fingerprint density at radius 3 is 0.945 bits per heavy atom. The molecule has 0 saturated heterocycles. The highest BCUT2D eigenvalue weighted by Gasteiger charge is 2.19. The van der Waals surface area contributed by atoms with Crippen LogP contribution < -0.4 is 0 Å². The van der Waals surface area contributed by atoms with Crippen LogP contribution in [-0.4, -0.2) is 37.2 Å². The van der Waals surface area contributed by atoms with Crippen LogP contribution in [0.1, 0.15) is 278 Å². The summed E-state index contributed by atoms with van der Waals surface area (Å²) in [7, 11) is 0. The van der Waals surface area contributed by atoms with Crippen molar-refractivity contribution in [3.63, 3.8) is 0 Å². The molecule has 0 bridgehead atoms. The third kappa shape index (κ3) is 58.8. The highest BCUT2D eigenvalue weighted by molar-refractivity contribution is 5.71. The quantitative estimate of drug-likeness (QED) is 0.0261. The number of hydrogen-bond acceptors (Lipinski definition) is 6. The van der Waals surface area contributed by atoms with Gasteiger partial charge in [0.15, 0.2) is 6.10 Å². The fraction of sp³-hybridized carbons (Fsp3) is 0.687. The second kappa shape index (κ2) is 60.6. The van der Waals surface area contributed by atoms with Crippen molar-refractivity contribution in [2.45, 2.75) is 284 Å². The largest absolute Gasteiger partial charge is 0.462 e. The molecule has 0 aliphatic carbocycles. The van der Waals surface area contributed by atoms with Crippen LogP contribution in [0.15, 0.2) is 109 Å². The Labute approximate surface area is 450 Å². The fourth-order valence-corrected chi connectivity index (χ4v) is 8.17. The van der Waals surface area contributed by atoms with Crippen molar-refractivity contribution in [2.75, 3.05) is 13.2 Å². The molecule has 0 aromatic carbocycles. The smallest absolute Gasteiger partial charge is 0.306 e. The minimum Gasteiger partial charge on any atom is -0.462 e. The summed E-state index contributed by atoms with van der Waals surface area (Å²) >= 11 is 0. The number of carbonyl (C=O) groups excluding carboxylic acids is 3. The van der Waals surface area contributed by atoms with Gasteiger partial charge in [-0.3, -0.25) is 14.4 Å². The lowest BCUT2D eigenvalue weighted by Gasteiger charge is -2.18. The summed E-state index contributed by atoms with van der Waals surface area (Å²) in [4.78, 5) is 38.2. The number of ether oxygens (including phenoxy) is 3. The van der Waals surface area contributed by atoms with E-state index in [0.29, 0.717) is 19.3 Å². The number of rotatable bonds is 54. The predicted molar refractivity (Wildman–Crippen MR) is 316 cm³/mol. The molecule has 0 rings (SSSR count). The molecule has 73 heavy (non-hydrogen) atoms. The lowest BCUT2D eigenvalue weighted by atomic mass is 10.1. The van der Waals surface area contributed by atoms with Gasteiger partial charge in [0.1, 0.15) is 13.2 Å². The molecule has 0 aromatic heterocycles. The van der Waals surface area contributed by atoms with Gasteiger partial charge in [0, 0.05) is 19.3 Å². The molecule has 0 N–H and O–H groups in total. The second-order valence-corrected chi connectivity index (χ2v) is 19.9. The molecule has 6 heteroatoms. The topological polar surface area (TPSA) is 78.9 Å².